The lowest BCUT2D eigenvalue weighted by atomic mass is 10.1. The van der Waals surface area contributed by atoms with Crippen molar-refractivity contribution in [1.82, 2.24) is 0 Å². The van der Waals surface area contributed by atoms with Gasteiger partial charge in [0.25, 0.3) is 0 Å². The molecule has 0 saturated heterocycles. The molecule has 1 aromatic heterocycles. The van der Waals surface area contributed by atoms with Crippen molar-refractivity contribution in [3.8, 4) is 0 Å². The molecule has 0 aliphatic heterocycles. The molecule has 0 bridgehead atoms. The molecule has 0 amide bonds. The molecule has 0 aliphatic rings. The quantitative estimate of drug-likeness (QED) is 0.339. The molecule has 2 rings (SSSR count). The molecule has 1 N–H and O–H groups in total. The van der Waals surface area contributed by atoms with E-state index < -0.39 is 0 Å². The van der Waals surface area contributed by atoms with Crippen molar-refractivity contribution >= 4 is 21.6 Å². The molecule has 0 atom stereocenters. The number of benzene rings is 1. The average Bonchev–Trinajstić information content (AvgIpc) is 2.38. The Hall–Kier alpha value is -1.20. The molecule has 0 aliphatic carbocycles. The zero-order valence-corrected chi connectivity index (χ0v) is 12.7. The van der Waals surface area contributed by atoms with Gasteiger partial charge in [-0.15, -0.1) is 0 Å². The molecule has 1 heterocycles. The van der Waals surface area contributed by atoms with E-state index in [1.807, 2.05) is 59.4 Å². The molecule has 0 saturated carbocycles. The Balaban J connectivity index is 0.00000162. The van der Waals surface area contributed by atoms with Gasteiger partial charge in [0.2, 0.25) is 0 Å². The van der Waals surface area contributed by atoms with Crippen LogP contribution >= 0.6 is 15.9 Å². The molecule has 2 aromatic rings. The normalized spacial score (nSPS) is 10.8. The highest BCUT2D eigenvalue weighted by molar-refractivity contribution is 9.10. The maximum atomic E-state index is 9.07. The maximum absolute atomic E-state index is 9.07. The summed E-state index contributed by atoms with van der Waals surface area (Å²) in [5.74, 6) is 0. The van der Waals surface area contributed by atoms with Crippen molar-refractivity contribution in [2.45, 2.75) is 6.54 Å². The zero-order valence-electron chi connectivity index (χ0n) is 9.50. The van der Waals surface area contributed by atoms with Crippen LogP contribution in [-0.4, -0.2) is 10.9 Å². The lowest BCUT2D eigenvalue weighted by molar-refractivity contribution is -0.681. The summed E-state index contributed by atoms with van der Waals surface area (Å²) >= 11 is 3.38. The highest BCUT2D eigenvalue weighted by atomic mass is 79.9. The summed E-state index contributed by atoms with van der Waals surface area (Å²) in [4.78, 5) is 0. The van der Waals surface area contributed by atoms with Crippen LogP contribution in [0.2, 0.25) is 0 Å². The highest BCUT2D eigenvalue weighted by Gasteiger charge is 2.10. The number of aromatic nitrogens is 1. The molecule has 0 radical (unpaired) electrons. The van der Waals surface area contributed by atoms with Crippen LogP contribution in [0, 0.1) is 0 Å². The van der Waals surface area contributed by atoms with E-state index in [-0.39, 0.29) is 17.0 Å². The fraction of sp³-hybridized carbons (Fsp3) is 0.0769. The van der Waals surface area contributed by atoms with Crippen LogP contribution in [0.25, 0.3) is 0 Å². The van der Waals surface area contributed by atoms with Crippen molar-refractivity contribution in [2.75, 3.05) is 0 Å². The molecule has 1 aromatic carbocycles. The van der Waals surface area contributed by atoms with Gasteiger partial charge in [-0.2, -0.15) is 4.57 Å². The van der Waals surface area contributed by atoms with Crippen molar-refractivity contribution in [3.05, 3.63) is 64.9 Å². The van der Waals surface area contributed by atoms with Crippen LogP contribution < -0.4 is 21.5 Å². The minimum Gasteiger partial charge on any atom is -1.00 e. The number of hydrogen-bond acceptors (Lipinski definition) is 2. The molecular weight excluding hydrogens is 360 g/mol. The first-order valence-electron chi connectivity index (χ1n) is 5.20. The lowest BCUT2D eigenvalue weighted by Crippen LogP contribution is -3.00. The van der Waals surface area contributed by atoms with E-state index in [1.54, 1.807) is 0 Å². The molecule has 94 valence electrons. The summed E-state index contributed by atoms with van der Waals surface area (Å²) in [7, 11) is 0. The first-order chi connectivity index (χ1) is 8.29. The third-order valence-electron chi connectivity index (χ3n) is 2.41. The van der Waals surface area contributed by atoms with Gasteiger partial charge in [-0.1, -0.05) is 39.3 Å². The summed E-state index contributed by atoms with van der Waals surface area (Å²) in [6.45, 7) is 0.541. The standard InChI is InChI=1S/C13H11BrN2O.BrH/c14-12-6-4-11(5-7-12)13(15-17)10-16-8-2-1-3-9-16;/h1-9H,10H2;1H. The van der Waals surface area contributed by atoms with E-state index in [0.29, 0.717) is 12.3 Å². The number of hydrogen-bond donors (Lipinski definition) is 1. The molecule has 5 heteroatoms. The Kier molecular flexibility index (Phi) is 6.01. The fourth-order valence-electron chi connectivity index (χ4n) is 1.54. The molecule has 0 spiro atoms. The lowest BCUT2D eigenvalue weighted by Gasteiger charge is -2.01. The predicted octanol–water partition coefficient (Wildman–Crippen LogP) is -0.381. The van der Waals surface area contributed by atoms with E-state index in [1.165, 1.54) is 0 Å². The SMILES string of the molecule is ON=C(C[n+]1ccccc1)c1ccc(Br)cc1.[Br-]. The summed E-state index contributed by atoms with van der Waals surface area (Å²) in [5.41, 5.74) is 1.54. The van der Waals surface area contributed by atoms with Gasteiger partial charge in [-0.3, -0.25) is 0 Å². The maximum Gasteiger partial charge on any atom is 0.194 e. The average molecular weight is 372 g/mol. The summed E-state index contributed by atoms with van der Waals surface area (Å²) in [6, 6.07) is 13.5. The second-order valence-electron chi connectivity index (χ2n) is 3.60. The van der Waals surface area contributed by atoms with E-state index in [4.69, 9.17) is 5.21 Å². The van der Waals surface area contributed by atoms with Crippen molar-refractivity contribution in [3.63, 3.8) is 0 Å². The summed E-state index contributed by atoms with van der Waals surface area (Å²) in [5, 5.41) is 12.4. The number of halogens is 2. The Labute approximate surface area is 125 Å². The smallest absolute Gasteiger partial charge is 0.194 e. The Morgan fingerprint density at radius 3 is 2.28 bits per heavy atom. The van der Waals surface area contributed by atoms with Crippen LogP contribution in [0.1, 0.15) is 5.56 Å². The zero-order chi connectivity index (χ0) is 12.1. The largest absolute Gasteiger partial charge is 1.00 e. The minimum absolute atomic E-state index is 0. The van der Waals surface area contributed by atoms with Crippen molar-refractivity contribution in [2.24, 2.45) is 5.16 Å². The minimum atomic E-state index is 0. The van der Waals surface area contributed by atoms with Crippen molar-refractivity contribution < 1.29 is 26.8 Å². The predicted molar refractivity (Wildman–Crippen MR) is 69.1 cm³/mol. The monoisotopic (exact) mass is 370 g/mol. The van der Waals surface area contributed by atoms with Gasteiger partial charge in [0.15, 0.2) is 24.7 Å². The third-order valence-corrected chi connectivity index (χ3v) is 2.94. The molecular formula is C13H12Br2N2O. The third kappa shape index (κ3) is 3.92. The first kappa shape index (κ1) is 14.9. The van der Waals surface area contributed by atoms with E-state index in [0.717, 1.165) is 10.0 Å². The second kappa shape index (κ2) is 7.28. The van der Waals surface area contributed by atoms with Crippen LogP contribution in [0.5, 0.6) is 0 Å². The molecule has 3 nitrogen and oxygen atoms in total. The first-order valence-corrected chi connectivity index (χ1v) is 6.00. The van der Waals surface area contributed by atoms with Gasteiger partial charge in [-0.25, -0.2) is 0 Å². The van der Waals surface area contributed by atoms with Crippen molar-refractivity contribution in [1.29, 1.82) is 0 Å². The number of oxime groups is 1. The van der Waals surface area contributed by atoms with Crippen LogP contribution in [0.3, 0.4) is 0 Å². The van der Waals surface area contributed by atoms with Gasteiger partial charge < -0.3 is 22.2 Å². The van der Waals surface area contributed by atoms with Gasteiger partial charge in [-0.05, 0) is 12.1 Å². The Bertz CT molecular complexity index is 512. The topological polar surface area (TPSA) is 36.5 Å². The summed E-state index contributed by atoms with van der Waals surface area (Å²) < 4.78 is 2.96. The van der Waals surface area contributed by atoms with Gasteiger partial charge in [0, 0.05) is 22.2 Å². The Morgan fingerprint density at radius 1 is 1.11 bits per heavy atom. The fourth-order valence-corrected chi connectivity index (χ4v) is 1.80. The van der Waals surface area contributed by atoms with Gasteiger partial charge >= 0.3 is 0 Å². The Morgan fingerprint density at radius 2 is 1.72 bits per heavy atom. The number of pyridine rings is 1. The number of nitrogens with zero attached hydrogens (tertiary/aromatic N) is 2. The number of rotatable bonds is 3. The van der Waals surface area contributed by atoms with E-state index in [2.05, 4.69) is 21.1 Å². The van der Waals surface area contributed by atoms with E-state index >= 15 is 0 Å². The molecule has 18 heavy (non-hydrogen) atoms. The van der Waals surface area contributed by atoms with Crippen LogP contribution in [0.4, 0.5) is 0 Å². The molecule has 0 unspecified atom stereocenters. The second-order valence-corrected chi connectivity index (χ2v) is 4.52. The highest BCUT2D eigenvalue weighted by Crippen LogP contribution is 2.11. The van der Waals surface area contributed by atoms with Gasteiger partial charge in [0.1, 0.15) is 0 Å². The van der Waals surface area contributed by atoms with E-state index in [9.17, 15) is 0 Å². The van der Waals surface area contributed by atoms with Crippen LogP contribution in [0.15, 0.2) is 64.5 Å². The summed E-state index contributed by atoms with van der Waals surface area (Å²) in [6.07, 6.45) is 3.87. The van der Waals surface area contributed by atoms with Gasteiger partial charge in [0.05, 0.1) is 0 Å². The molecule has 0 fully saturated rings. The van der Waals surface area contributed by atoms with Crippen LogP contribution in [-0.2, 0) is 6.54 Å².